The molecule has 1 heterocycles. The number of rotatable bonds is 5. The minimum absolute atomic E-state index is 0.383. The van der Waals surface area contributed by atoms with Gasteiger partial charge in [-0.3, -0.25) is 0 Å². The molecule has 1 N–H and O–H groups in total. The second-order valence-corrected chi connectivity index (χ2v) is 6.41. The van der Waals surface area contributed by atoms with Crippen LogP contribution in [0.15, 0.2) is 16.5 Å². The molecule has 0 saturated heterocycles. The van der Waals surface area contributed by atoms with Gasteiger partial charge < -0.3 is 9.73 Å². The van der Waals surface area contributed by atoms with Gasteiger partial charge in [-0.1, -0.05) is 27.7 Å². The summed E-state index contributed by atoms with van der Waals surface area (Å²) in [5.41, 5.74) is 0.383. The van der Waals surface area contributed by atoms with E-state index in [9.17, 15) is 0 Å². The summed E-state index contributed by atoms with van der Waals surface area (Å²) in [5, 5.41) is 3.57. The fourth-order valence-corrected chi connectivity index (χ4v) is 2.84. The Labute approximate surface area is 105 Å². The van der Waals surface area contributed by atoms with E-state index in [4.69, 9.17) is 4.42 Å². The Balaban J connectivity index is 1.92. The van der Waals surface area contributed by atoms with Crippen molar-refractivity contribution < 1.29 is 4.42 Å². The Hall–Kier alpha value is -0.760. The molecule has 0 spiro atoms. The second-order valence-electron chi connectivity index (χ2n) is 6.41. The summed E-state index contributed by atoms with van der Waals surface area (Å²) in [6.07, 6.45) is 0. The number of aryl methyl sites for hydroxylation is 1. The molecule has 1 aliphatic rings. The molecule has 0 amide bonds. The van der Waals surface area contributed by atoms with E-state index in [1.54, 1.807) is 0 Å². The van der Waals surface area contributed by atoms with E-state index < -0.39 is 0 Å². The Kier molecular flexibility index (Phi) is 3.35. The molecule has 2 rings (SSSR count). The summed E-state index contributed by atoms with van der Waals surface area (Å²) in [6, 6.07) is 4.21. The van der Waals surface area contributed by atoms with Crippen LogP contribution in [-0.2, 0) is 0 Å². The van der Waals surface area contributed by atoms with E-state index in [0.717, 1.165) is 24.8 Å². The third-order valence-electron chi connectivity index (χ3n) is 4.03. The van der Waals surface area contributed by atoms with Gasteiger partial charge in [0.15, 0.2) is 0 Å². The Morgan fingerprint density at radius 2 is 2.06 bits per heavy atom. The third-order valence-corrected chi connectivity index (χ3v) is 4.03. The summed E-state index contributed by atoms with van der Waals surface area (Å²) < 4.78 is 5.77. The summed E-state index contributed by atoms with van der Waals surface area (Å²) in [7, 11) is 0. The van der Waals surface area contributed by atoms with Gasteiger partial charge in [0, 0.05) is 5.92 Å². The van der Waals surface area contributed by atoms with Gasteiger partial charge in [-0.2, -0.15) is 0 Å². The zero-order chi connectivity index (χ0) is 12.6. The SMILES string of the molecule is Cc1ccc(C2C(CNCC(C)C)C2(C)C)o1. The summed E-state index contributed by atoms with van der Waals surface area (Å²) in [5.74, 6) is 4.23. The maximum atomic E-state index is 5.77. The van der Waals surface area contributed by atoms with Gasteiger partial charge in [0.2, 0.25) is 0 Å². The molecule has 17 heavy (non-hydrogen) atoms. The maximum Gasteiger partial charge on any atom is 0.108 e. The number of nitrogens with one attached hydrogen (secondary N) is 1. The fourth-order valence-electron chi connectivity index (χ4n) is 2.84. The molecule has 1 fully saturated rings. The highest BCUT2D eigenvalue weighted by Crippen LogP contribution is 2.64. The molecule has 2 unspecified atom stereocenters. The van der Waals surface area contributed by atoms with Crippen LogP contribution in [0.2, 0.25) is 0 Å². The van der Waals surface area contributed by atoms with Crippen LogP contribution < -0.4 is 5.32 Å². The van der Waals surface area contributed by atoms with Gasteiger partial charge in [0.05, 0.1) is 0 Å². The first-order valence-corrected chi connectivity index (χ1v) is 6.70. The van der Waals surface area contributed by atoms with E-state index in [2.05, 4.69) is 45.1 Å². The highest BCUT2D eigenvalue weighted by atomic mass is 16.3. The van der Waals surface area contributed by atoms with Crippen molar-refractivity contribution in [3.63, 3.8) is 0 Å². The van der Waals surface area contributed by atoms with Crippen molar-refractivity contribution in [3.8, 4) is 0 Å². The fraction of sp³-hybridized carbons (Fsp3) is 0.733. The predicted octanol–water partition coefficient (Wildman–Crippen LogP) is 3.57. The zero-order valence-electron chi connectivity index (χ0n) is 11.7. The number of furan rings is 1. The van der Waals surface area contributed by atoms with Crippen LogP contribution in [0.25, 0.3) is 0 Å². The lowest BCUT2D eigenvalue weighted by Gasteiger charge is -2.07. The summed E-state index contributed by atoms with van der Waals surface area (Å²) in [6.45, 7) is 13.4. The van der Waals surface area contributed by atoms with Gasteiger partial charge in [-0.05, 0) is 49.4 Å². The molecule has 1 aliphatic carbocycles. The maximum absolute atomic E-state index is 5.77. The molecule has 1 saturated carbocycles. The van der Waals surface area contributed by atoms with Gasteiger partial charge >= 0.3 is 0 Å². The van der Waals surface area contributed by atoms with Crippen LogP contribution in [0, 0.1) is 24.2 Å². The molecule has 0 radical (unpaired) electrons. The van der Waals surface area contributed by atoms with Gasteiger partial charge in [0.25, 0.3) is 0 Å². The average Bonchev–Trinajstić information content (AvgIpc) is 2.56. The van der Waals surface area contributed by atoms with Crippen molar-refractivity contribution in [2.24, 2.45) is 17.3 Å². The normalized spacial score (nSPS) is 26.5. The quantitative estimate of drug-likeness (QED) is 0.844. The number of hydrogen-bond donors (Lipinski definition) is 1. The van der Waals surface area contributed by atoms with Crippen molar-refractivity contribution in [1.29, 1.82) is 0 Å². The van der Waals surface area contributed by atoms with Crippen molar-refractivity contribution in [1.82, 2.24) is 5.32 Å². The van der Waals surface area contributed by atoms with E-state index in [1.807, 2.05) is 6.92 Å². The van der Waals surface area contributed by atoms with E-state index in [0.29, 0.717) is 17.3 Å². The van der Waals surface area contributed by atoms with Gasteiger partial charge in [-0.25, -0.2) is 0 Å². The Morgan fingerprint density at radius 3 is 2.59 bits per heavy atom. The first kappa shape index (κ1) is 12.7. The average molecular weight is 235 g/mol. The minimum Gasteiger partial charge on any atom is -0.466 e. The summed E-state index contributed by atoms with van der Waals surface area (Å²) in [4.78, 5) is 0. The lowest BCUT2D eigenvalue weighted by molar-refractivity contribution is 0.461. The number of hydrogen-bond acceptors (Lipinski definition) is 2. The molecular weight excluding hydrogens is 210 g/mol. The Morgan fingerprint density at radius 1 is 1.35 bits per heavy atom. The lowest BCUT2D eigenvalue weighted by atomic mass is 10.1. The molecule has 1 aromatic rings. The zero-order valence-corrected chi connectivity index (χ0v) is 11.7. The minimum atomic E-state index is 0.383. The molecule has 1 aromatic heterocycles. The van der Waals surface area contributed by atoms with E-state index in [1.165, 1.54) is 5.76 Å². The second kappa shape index (κ2) is 4.49. The molecule has 2 atom stereocenters. The van der Waals surface area contributed by atoms with Crippen molar-refractivity contribution in [3.05, 3.63) is 23.7 Å². The van der Waals surface area contributed by atoms with Crippen molar-refractivity contribution in [2.75, 3.05) is 13.1 Å². The monoisotopic (exact) mass is 235 g/mol. The standard InChI is InChI=1S/C15H25NO/c1-10(2)8-16-9-12-14(15(12,4)5)13-7-6-11(3)17-13/h6-7,10,12,14,16H,8-9H2,1-5H3. The lowest BCUT2D eigenvalue weighted by Crippen LogP contribution is -2.23. The van der Waals surface area contributed by atoms with E-state index >= 15 is 0 Å². The summed E-state index contributed by atoms with van der Waals surface area (Å²) >= 11 is 0. The first-order chi connectivity index (χ1) is 7.93. The molecule has 2 heteroatoms. The van der Waals surface area contributed by atoms with Gasteiger partial charge in [0.1, 0.15) is 11.5 Å². The highest BCUT2D eigenvalue weighted by Gasteiger charge is 2.59. The molecule has 0 bridgehead atoms. The van der Waals surface area contributed by atoms with Crippen LogP contribution in [0.1, 0.15) is 45.1 Å². The molecular formula is C15H25NO. The van der Waals surface area contributed by atoms with Gasteiger partial charge in [-0.15, -0.1) is 0 Å². The first-order valence-electron chi connectivity index (χ1n) is 6.70. The van der Waals surface area contributed by atoms with Crippen LogP contribution in [0.5, 0.6) is 0 Å². The molecule has 96 valence electrons. The predicted molar refractivity (Wildman–Crippen MR) is 71.2 cm³/mol. The third kappa shape index (κ3) is 2.57. The highest BCUT2D eigenvalue weighted by molar-refractivity contribution is 5.25. The molecule has 0 aromatic carbocycles. The van der Waals surface area contributed by atoms with Crippen LogP contribution >= 0.6 is 0 Å². The Bertz CT molecular complexity index is 378. The van der Waals surface area contributed by atoms with Crippen molar-refractivity contribution in [2.45, 2.75) is 40.5 Å². The van der Waals surface area contributed by atoms with Crippen LogP contribution in [0.4, 0.5) is 0 Å². The smallest absolute Gasteiger partial charge is 0.108 e. The molecule has 2 nitrogen and oxygen atoms in total. The topological polar surface area (TPSA) is 25.2 Å². The van der Waals surface area contributed by atoms with Crippen LogP contribution in [-0.4, -0.2) is 13.1 Å². The van der Waals surface area contributed by atoms with Crippen molar-refractivity contribution >= 4 is 0 Å². The molecule has 0 aliphatic heterocycles. The largest absolute Gasteiger partial charge is 0.466 e. The van der Waals surface area contributed by atoms with E-state index in [-0.39, 0.29) is 0 Å². The van der Waals surface area contributed by atoms with Crippen LogP contribution in [0.3, 0.4) is 0 Å².